The fourth-order valence-corrected chi connectivity index (χ4v) is 4.16. The summed E-state index contributed by atoms with van der Waals surface area (Å²) in [5.41, 5.74) is 0.394. The van der Waals surface area contributed by atoms with E-state index in [9.17, 15) is 13.2 Å². The number of ether oxygens (including phenoxy) is 1. The second-order valence-corrected chi connectivity index (χ2v) is 9.05. The number of carbonyl (C=O) groups excluding carboxylic acids is 1. The quantitative estimate of drug-likeness (QED) is 0.604. The molecule has 1 atom stereocenters. The molecule has 2 aromatic carbocycles. The first kappa shape index (κ1) is 22.2. The van der Waals surface area contributed by atoms with E-state index >= 15 is 0 Å². The van der Waals surface area contributed by atoms with Gasteiger partial charge in [-0.15, -0.1) is 0 Å². The minimum Gasteiger partial charge on any atom is -0.494 e. The monoisotopic (exact) mass is 468 g/mol. The van der Waals surface area contributed by atoms with Crippen LogP contribution < -0.4 is 14.4 Å². The van der Waals surface area contributed by atoms with E-state index in [1.165, 1.54) is 12.1 Å². The van der Waals surface area contributed by atoms with Crippen molar-refractivity contribution in [3.05, 3.63) is 53.0 Å². The van der Waals surface area contributed by atoms with Crippen LogP contribution in [0.15, 0.2) is 57.9 Å². The maximum Gasteiger partial charge on any atom is 0.264 e. The lowest BCUT2D eigenvalue weighted by Gasteiger charge is -2.25. The molecule has 0 aliphatic heterocycles. The fraction of sp³-hybridized carbons (Fsp3) is 0.350. The summed E-state index contributed by atoms with van der Waals surface area (Å²) in [5, 5.41) is 2.82. The summed E-state index contributed by atoms with van der Waals surface area (Å²) >= 11 is 3.31. The molecule has 28 heavy (non-hydrogen) atoms. The molecule has 1 N–H and O–H groups in total. The average molecular weight is 469 g/mol. The Morgan fingerprint density at radius 3 is 2.25 bits per heavy atom. The molecule has 0 aliphatic carbocycles. The topological polar surface area (TPSA) is 75.7 Å². The molecule has 2 aromatic rings. The Balaban J connectivity index is 2.40. The van der Waals surface area contributed by atoms with Crippen molar-refractivity contribution in [1.29, 1.82) is 0 Å². The van der Waals surface area contributed by atoms with Gasteiger partial charge in [-0.3, -0.25) is 9.10 Å². The summed E-state index contributed by atoms with van der Waals surface area (Å²) in [5.74, 6) is 0.278. The maximum atomic E-state index is 13.2. The molecule has 0 spiro atoms. The number of nitrogens with one attached hydrogen (secondary N) is 1. The standard InChI is InChI=1S/C20H25BrN2O4S/c1-4-15(3)22-20(24)14-23(17-8-10-18(11-9-17)27-5-2)28(25,26)19-12-6-16(21)7-13-19/h6-13,15H,4-5,14H2,1-3H3,(H,22,24)/t15-/m0/s1. The lowest BCUT2D eigenvalue weighted by molar-refractivity contribution is -0.120. The highest BCUT2D eigenvalue weighted by atomic mass is 79.9. The summed E-state index contributed by atoms with van der Waals surface area (Å²) in [6.07, 6.45) is 0.758. The van der Waals surface area contributed by atoms with Gasteiger partial charge in [-0.1, -0.05) is 22.9 Å². The van der Waals surface area contributed by atoms with Crippen LogP contribution in [0.25, 0.3) is 0 Å². The van der Waals surface area contributed by atoms with Gasteiger partial charge in [0.2, 0.25) is 5.91 Å². The predicted octanol–water partition coefficient (Wildman–Crippen LogP) is 3.96. The van der Waals surface area contributed by atoms with Crippen LogP contribution in [0.4, 0.5) is 5.69 Å². The van der Waals surface area contributed by atoms with Gasteiger partial charge >= 0.3 is 0 Å². The smallest absolute Gasteiger partial charge is 0.264 e. The van der Waals surface area contributed by atoms with Crippen LogP contribution >= 0.6 is 15.9 Å². The van der Waals surface area contributed by atoms with Gasteiger partial charge in [0.25, 0.3) is 10.0 Å². The molecule has 1 amide bonds. The first-order valence-electron chi connectivity index (χ1n) is 9.08. The normalized spacial score (nSPS) is 12.3. The van der Waals surface area contributed by atoms with Crippen LogP contribution in [0.3, 0.4) is 0 Å². The van der Waals surface area contributed by atoms with Crippen LogP contribution in [-0.2, 0) is 14.8 Å². The number of amides is 1. The molecule has 8 heteroatoms. The molecule has 0 heterocycles. The van der Waals surface area contributed by atoms with Crippen LogP contribution in [-0.4, -0.2) is 33.5 Å². The van der Waals surface area contributed by atoms with Crippen LogP contribution in [0.1, 0.15) is 27.2 Å². The molecule has 6 nitrogen and oxygen atoms in total. The number of benzene rings is 2. The lowest BCUT2D eigenvalue weighted by Crippen LogP contribution is -2.43. The predicted molar refractivity (Wildman–Crippen MR) is 114 cm³/mol. The number of sulfonamides is 1. The van der Waals surface area contributed by atoms with Crippen molar-refractivity contribution in [1.82, 2.24) is 5.32 Å². The van der Waals surface area contributed by atoms with Gasteiger partial charge < -0.3 is 10.1 Å². The number of carbonyl (C=O) groups is 1. The zero-order valence-corrected chi connectivity index (χ0v) is 18.6. The summed E-state index contributed by atoms with van der Waals surface area (Å²) in [4.78, 5) is 12.6. The van der Waals surface area contributed by atoms with Gasteiger partial charge in [-0.25, -0.2) is 8.42 Å². The molecule has 0 saturated carbocycles. The molecule has 0 unspecified atom stereocenters. The largest absolute Gasteiger partial charge is 0.494 e. The number of nitrogens with zero attached hydrogens (tertiary/aromatic N) is 1. The Kier molecular flexibility index (Phi) is 7.88. The molecule has 0 radical (unpaired) electrons. The summed E-state index contributed by atoms with van der Waals surface area (Å²) in [7, 11) is -3.92. The van der Waals surface area contributed by atoms with Gasteiger partial charge in [0.05, 0.1) is 17.2 Å². The van der Waals surface area contributed by atoms with Gasteiger partial charge in [-0.05, 0) is 68.8 Å². The third-order valence-electron chi connectivity index (χ3n) is 4.14. The minimum atomic E-state index is -3.92. The molecular formula is C20H25BrN2O4S. The zero-order chi connectivity index (χ0) is 20.7. The molecule has 0 bridgehead atoms. The Hall–Kier alpha value is -2.06. The third kappa shape index (κ3) is 5.72. The van der Waals surface area contributed by atoms with Gasteiger partial charge in [0.15, 0.2) is 0 Å². The van der Waals surface area contributed by atoms with Crippen molar-refractivity contribution in [2.75, 3.05) is 17.5 Å². The molecule has 2 rings (SSSR count). The Labute approximate surface area is 175 Å². The second-order valence-electron chi connectivity index (χ2n) is 6.27. The third-order valence-corrected chi connectivity index (χ3v) is 6.46. The first-order valence-corrected chi connectivity index (χ1v) is 11.3. The van der Waals surface area contributed by atoms with Crippen LogP contribution in [0, 0.1) is 0 Å². The van der Waals surface area contributed by atoms with Crippen molar-refractivity contribution in [2.24, 2.45) is 0 Å². The zero-order valence-electron chi connectivity index (χ0n) is 16.2. The number of anilines is 1. The average Bonchev–Trinajstić information content (AvgIpc) is 2.67. The summed E-state index contributed by atoms with van der Waals surface area (Å²) < 4.78 is 33.8. The molecular weight excluding hydrogens is 444 g/mol. The van der Waals surface area contributed by atoms with Crippen LogP contribution in [0.5, 0.6) is 5.75 Å². The number of hydrogen-bond donors (Lipinski definition) is 1. The second kappa shape index (κ2) is 9.93. The minimum absolute atomic E-state index is 0.0370. The Morgan fingerprint density at radius 1 is 1.11 bits per heavy atom. The molecule has 0 aromatic heterocycles. The molecule has 0 fully saturated rings. The van der Waals surface area contributed by atoms with E-state index in [4.69, 9.17) is 4.74 Å². The van der Waals surface area contributed by atoms with E-state index < -0.39 is 10.0 Å². The van der Waals surface area contributed by atoms with Crippen LogP contribution in [0.2, 0.25) is 0 Å². The maximum absolute atomic E-state index is 13.2. The number of halogens is 1. The van der Waals surface area contributed by atoms with Gasteiger partial charge in [0, 0.05) is 10.5 Å². The lowest BCUT2D eigenvalue weighted by atomic mass is 10.2. The highest BCUT2D eigenvalue weighted by Gasteiger charge is 2.27. The van der Waals surface area contributed by atoms with E-state index in [1.54, 1.807) is 36.4 Å². The highest BCUT2D eigenvalue weighted by molar-refractivity contribution is 9.10. The molecule has 152 valence electrons. The van der Waals surface area contributed by atoms with E-state index in [0.717, 1.165) is 15.2 Å². The van der Waals surface area contributed by atoms with Crippen molar-refractivity contribution < 1.29 is 17.9 Å². The van der Waals surface area contributed by atoms with Crippen molar-refractivity contribution in [3.8, 4) is 5.75 Å². The van der Waals surface area contributed by atoms with Crippen molar-refractivity contribution >= 4 is 37.5 Å². The van der Waals surface area contributed by atoms with E-state index in [-0.39, 0.29) is 23.4 Å². The SMILES string of the molecule is CCOc1ccc(N(CC(=O)N[C@@H](C)CC)S(=O)(=O)c2ccc(Br)cc2)cc1. The van der Waals surface area contributed by atoms with Gasteiger partial charge in [0.1, 0.15) is 12.3 Å². The Bertz CT molecular complexity index is 883. The molecule has 0 aliphatic rings. The Morgan fingerprint density at radius 2 is 1.71 bits per heavy atom. The molecule has 0 saturated heterocycles. The first-order chi connectivity index (χ1) is 13.3. The fourth-order valence-electron chi connectivity index (χ4n) is 2.48. The summed E-state index contributed by atoms with van der Waals surface area (Å²) in [6, 6.07) is 12.9. The number of rotatable bonds is 9. The van der Waals surface area contributed by atoms with E-state index in [2.05, 4.69) is 21.2 Å². The van der Waals surface area contributed by atoms with E-state index in [1.807, 2.05) is 20.8 Å². The highest BCUT2D eigenvalue weighted by Crippen LogP contribution is 2.26. The van der Waals surface area contributed by atoms with Crippen molar-refractivity contribution in [2.45, 2.75) is 38.1 Å². The summed E-state index contributed by atoms with van der Waals surface area (Å²) in [6.45, 7) is 5.90. The number of hydrogen-bond acceptors (Lipinski definition) is 4. The van der Waals surface area contributed by atoms with E-state index in [0.29, 0.717) is 18.0 Å². The van der Waals surface area contributed by atoms with Gasteiger partial charge in [-0.2, -0.15) is 0 Å². The van der Waals surface area contributed by atoms with Crippen molar-refractivity contribution in [3.63, 3.8) is 0 Å².